The first-order valence-electron chi connectivity index (χ1n) is 7.77. The van der Waals surface area contributed by atoms with Crippen molar-refractivity contribution in [2.45, 2.75) is 11.8 Å². The molecule has 0 aliphatic carbocycles. The summed E-state index contributed by atoms with van der Waals surface area (Å²) in [5, 5.41) is 20.4. The standard InChI is InChI=1S/C16H16N4O6S/c1-10(11-2-5-15-16(8-11)26-7-6-25-15)18-19-13-4-3-12(27(17,23)24)9-14(13)20(21)22/h2-5,8-9,19H,6-7H2,1H3,(H2,17,23,24)/b18-10+. The molecule has 3 rings (SSSR count). The Morgan fingerprint density at radius 1 is 1.19 bits per heavy atom. The molecule has 0 saturated carbocycles. The number of benzene rings is 2. The molecule has 2 aromatic carbocycles. The third-order valence-electron chi connectivity index (χ3n) is 3.80. The molecule has 1 heterocycles. The number of hydrogen-bond acceptors (Lipinski definition) is 8. The number of nitrogens with zero attached hydrogens (tertiary/aromatic N) is 2. The molecule has 0 radical (unpaired) electrons. The SMILES string of the molecule is C/C(=N\Nc1ccc(S(N)(=O)=O)cc1[N+](=O)[O-])c1ccc2c(c1)OCCO2. The van der Waals surface area contributed by atoms with Gasteiger partial charge in [-0.3, -0.25) is 15.5 Å². The van der Waals surface area contributed by atoms with Crippen molar-refractivity contribution >= 4 is 27.1 Å². The smallest absolute Gasteiger partial charge is 0.295 e. The highest BCUT2D eigenvalue weighted by Gasteiger charge is 2.19. The van der Waals surface area contributed by atoms with E-state index in [4.69, 9.17) is 14.6 Å². The van der Waals surface area contributed by atoms with Gasteiger partial charge < -0.3 is 9.47 Å². The van der Waals surface area contributed by atoms with E-state index in [1.807, 2.05) is 0 Å². The van der Waals surface area contributed by atoms with Gasteiger partial charge in [0.15, 0.2) is 11.5 Å². The number of sulfonamides is 1. The molecule has 0 amide bonds. The average molecular weight is 392 g/mol. The molecule has 0 spiro atoms. The fourth-order valence-electron chi connectivity index (χ4n) is 2.41. The van der Waals surface area contributed by atoms with E-state index in [9.17, 15) is 18.5 Å². The first-order chi connectivity index (χ1) is 12.8. The van der Waals surface area contributed by atoms with Crippen molar-refractivity contribution < 1.29 is 22.8 Å². The predicted molar refractivity (Wildman–Crippen MR) is 97.7 cm³/mol. The lowest BCUT2D eigenvalue weighted by atomic mass is 10.1. The van der Waals surface area contributed by atoms with Gasteiger partial charge in [0.25, 0.3) is 5.69 Å². The predicted octanol–water partition coefficient (Wildman–Crippen LogP) is 1.85. The number of nitrogens with two attached hydrogens (primary N) is 1. The maximum atomic E-state index is 11.4. The van der Waals surface area contributed by atoms with Crippen LogP contribution in [0.3, 0.4) is 0 Å². The summed E-state index contributed by atoms with van der Waals surface area (Å²) in [6.07, 6.45) is 0. The molecule has 0 fully saturated rings. The highest BCUT2D eigenvalue weighted by atomic mass is 32.2. The minimum Gasteiger partial charge on any atom is -0.486 e. The summed E-state index contributed by atoms with van der Waals surface area (Å²) in [7, 11) is -4.05. The summed E-state index contributed by atoms with van der Waals surface area (Å²) in [6, 6.07) is 8.58. The van der Waals surface area contributed by atoms with E-state index in [1.165, 1.54) is 12.1 Å². The van der Waals surface area contributed by atoms with Crippen LogP contribution in [-0.4, -0.2) is 32.3 Å². The Bertz CT molecular complexity index is 1040. The molecule has 3 N–H and O–H groups in total. The summed E-state index contributed by atoms with van der Waals surface area (Å²) in [6.45, 7) is 2.65. The van der Waals surface area contributed by atoms with Crippen LogP contribution in [0.25, 0.3) is 0 Å². The van der Waals surface area contributed by atoms with Gasteiger partial charge in [-0.25, -0.2) is 13.6 Å². The van der Waals surface area contributed by atoms with E-state index < -0.39 is 20.6 Å². The molecule has 142 valence electrons. The Morgan fingerprint density at radius 3 is 2.56 bits per heavy atom. The number of fused-ring (bicyclic) bond motifs is 1. The van der Waals surface area contributed by atoms with Gasteiger partial charge >= 0.3 is 0 Å². The van der Waals surface area contributed by atoms with Gasteiger partial charge in [-0.1, -0.05) is 0 Å². The zero-order chi connectivity index (χ0) is 19.6. The van der Waals surface area contributed by atoms with Crippen molar-refractivity contribution in [1.29, 1.82) is 0 Å². The molecule has 0 unspecified atom stereocenters. The van der Waals surface area contributed by atoms with E-state index in [0.29, 0.717) is 30.4 Å². The maximum Gasteiger partial charge on any atom is 0.295 e. The highest BCUT2D eigenvalue weighted by molar-refractivity contribution is 7.89. The second-order valence-electron chi connectivity index (χ2n) is 5.65. The number of anilines is 1. The van der Waals surface area contributed by atoms with Crippen LogP contribution < -0.4 is 20.0 Å². The number of nitro benzene ring substituents is 1. The quantitative estimate of drug-likeness (QED) is 0.448. The molecule has 11 heteroatoms. The minimum atomic E-state index is -4.05. The number of nitrogens with one attached hydrogen (secondary N) is 1. The molecular weight excluding hydrogens is 376 g/mol. The normalized spacial score (nSPS) is 13.9. The Balaban J connectivity index is 1.87. The molecule has 0 saturated heterocycles. The van der Waals surface area contributed by atoms with E-state index >= 15 is 0 Å². The average Bonchev–Trinajstić information content (AvgIpc) is 2.64. The largest absolute Gasteiger partial charge is 0.486 e. The van der Waals surface area contributed by atoms with Gasteiger partial charge in [-0.05, 0) is 37.3 Å². The van der Waals surface area contributed by atoms with Gasteiger partial charge in [-0.2, -0.15) is 5.10 Å². The molecular formula is C16H16N4O6S. The number of hydrogen-bond donors (Lipinski definition) is 2. The first-order valence-corrected chi connectivity index (χ1v) is 9.32. The summed E-state index contributed by atoms with van der Waals surface area (Å²) in [4.78, 5) is 10.2. The van der Waals surface area contributed by atoms with Gasteiger partial charge in [0.1, 0.15) is 18.9 Å². The van der Waals surface area contributed by atoms with Crippen molar-refractivity contribution in [3.63, 3.8) is 0 Å². The Morgan fingerprint density at radius 2 is 1.89 bits per heavy atom. The second kappa shape index (κ2) is 7.21. The van der Waals surface area contributed by atoms with Crippen LogP contribution in [-0.2, 0) is 10.0 Å². The zero-order valence-corrected chi connectivity index (χ0v) is 15.0. The van der Waals surface area contributed by atoms with Crippen molar-refractivity contribution in [3.05, 3.63) is 52.1 Å². The fourth-order valence-corrected chi connectivity index (χ4v) is 2.94. The lowest BCUT2D eigenvalue weighted by molar-refractivity contribution is -0.384. The van der Waals surface area contributed by atoms with Crippen LogP contribution >= 0.6 is 0 Å². The summed E-state index contributed by atoms with van der Waals surface area (Å²) >= 11 is 0. The number of primary sulfonamides is 1. The van der Waals surface area contributed by atoms with E-state index in [2.05, 4.69) is 10.5 Å². The van der Waals surface area contributed by atoms with Crippen LogP contribution in [0, 0.1) is 10.1 Å². The second-order valence-corrected chi connectivity index (χ2v) is 7.21. The zero-order valence-electron chi connectivity index (χ0n) is 14.2. The maximum absolute atomic E-state index is 11.4. The molecule has 27 heavy (non-hydrogen) atoms. The number of ether oxygens (including phenoxy) is 2. The Labute approximate surface area is 154 Å². The van der Waals surface area contributed by atoms with Gasteiger partial charge in [-0.15, -0.1) is 0 Å². The van der Waals surface area contributed by atoms with E-state index in [0.717, 1.165) is 11.6 Å². The Hall–Kier alpha value is -3.18. The Kier molecular flexibility index (Phi) is 4.97. The molecule has 1 aliphatic rings. The van der Waals surface area contributed by atoms with E-state index in [1.54, 1.807) is 25.1 Å². The van der Waals surface area contributed by atoms with Crippen LogP contribution in [0.5, 0.6) is 11.5 Å². The lowest BCUT2D eigenvalue weighted by Gasteiger charge is -2.18. The third kappa shape index (κ3) is 4.15. The van der Waals surface area contributed by atoms with Gasteiger partial charge in [0.05, 0.1) is 15.5 Å². The monoisotopic (exact) mass is 392 g/mol. The van der Waals surface area contributed by atoms with Crippen LogP contribution in [0.4, 0.5) is 11.4 Å². The van der Waals surface area contributed by atoms with Crippen LogP contribution in [0.1, 0.15) is 12.5 Å². The van der Waals surface area contributed by atoms with E-state index in [-0.39, 0.29) is 10.6 Å². The molecule has 0 bridgehead atoms. The van der Waals surface area contributed by atoms with Crippen LogP contribution in [0.2, 0.25) is 0 Å². The van der Waals surface area contributed by atoms with Gasteiger partial charge in [0.2, 0.25) is 10.0 Å². The molecule has 0 aromatic heterocycles. The van der Waals surface area contributed by atoms with Crippen LogP contribution in [0.15, 0.2) is 46.4 Å². The van der Waals surface area contributed by atoms with Crippen molar-refractivity contribution in [1.82, 2.24) is 0 Å². The van der Waals surface area contributed by atoms with Crippen molar-refractivity contribution in [3.8, 4) is 11.5 Å². The number of hydrazone groups is 1. The number of nitro groups is 1. The summed E-state index contributed by atoms with van der Waals surface area (Å²) < 4.78 is 33.7. The molecule has 10 nitrogen and oxygen atoms in total. The topological polar surface area (TPSA) is 146 Å². The van der Waals surface area contributed by atoms with Crippen molar-refractivity contribution in [2.75, 3.05) is 18.6 Å². The minimum absolute atomic E-state index is 0.0318. The van der Waals surface area contributed by atoms with Crippen molar-refractivity contribution in [2.24, 2.45) is 10.2 Å². The summed E-state index contributed by atoms with van der Waals surface area (Å²) in [5.41, 5.74) is 3.43. The first kappa shape index (κ1) is 18.6. The highest BCUT2D eigenvalue weighted by Crippen LogP contribution is 2.31. The lowest BCUT2D eigenvalue weighted by Crippen LogP contribution is -2.15. The fraction of sp³-hybridized carbons (Fsp3) is 0.188. The molecule has 2 aromatic rings. The molecule has 1 aliphatic heterocycles. The molecule has 0 atom stereocenters. The number of rotatable bonds is 5. The third-order valence-corrected chi connectivity index (χ3v) is 4.71. The van der Waals surface area contributed by atoms with Gasteiger partial charge in [0, 0.05) is 11.6 Å². The summed E-state index contributed by atoms with van der Waals surface area (Å²) in [5.74, 6) is 1.23.